The van der Waals surface area contributed by atoms with Crippen LogP contribution in [0.1, 0.15) is 26.7 Å². The first-order valence-electron chi connectivity index (χ1n) is 4.79. The molecule has 0 amide bonds. The van der Waals surface area contributed by atoms with Gasteiger partial charge in [-0.15, -0.1) is 15.2 Å². The molecule has 0 aromatic heterocycles. The first kappa shape index (κ1) is 11.9. The topological polar surface area (TPSA) is 0 Å². The van der Waals surface area contributed by atoms with Gasteiger partial charge >= 0.3 is 0 Å². The van der Waals surface area contributed by atoms with E-state index in [9.17, 15) is 0 Å². The largest absolute Gasteiger partial charge is 0.118 e. The lowest BCUT2D eigenvalue weighted by Gasteiger charge is -2.00. The van der Waals surface area contributed by atoms with Gasteiger partial charge in [0, 0.05) is 0 Å². The van der Waals surface area contributed by atoms with E-state index in [-0.39, 0.29) is 0 Å². The molecular formula is C11H21P. The molecule has 0 spiro atoms. The summed E-state index contributed by atoms with van der Waals surface area (Å²) in [6.45, 7) is 8.23. The molecule has 0 fully saturated rings. The lowest BCUT2D eigenvalue weighted by molar-refractivity contribution is 0.659. The van der Waals surface area contributed by atoms with Crippen molar-refractivity contribution in [2.24, 2.45) is 5.92 Å². The van der Waals surface area contributed by atoms with E-state index in [1.807, 2.05) is 6.08 Å². The van der Waals surface area contributed by atoms with Crippen molar-refractivity contribution in [3.05, 3.63) is 24.8 Å². The van der Waals surface area contributed by atoms with E-state index >= 15 is 0 Å². The summed E-state index contributed by atoms with van der Waals surface area (Å²) in [7, 11) is 1.11. The third-order valence-corrected chi connectivity index (χ3v) is 2.89. The smallest absolute Gasteiger partial charge is 0.0172 e. The van der Waals surface area contributed by atoms with Gasteiger partial charge < -0.3 is 0 Å². The SMILES string of the molecule is C=CC(C)CC/C=C/CPCC. The van der Waals surface area contributed by atoms with Crippen LogP contribution in [0.15, 0.2) is 24.8 Å². The molecule has 0 heterocycles. The Balaban J connectivity index is 3.18. The third-order valence-electron chi connectivity index (χ3n) is 1.87. The monoisotopic (exact) mass is 184 g/mol. The molecule has 0 radical (unpaired) electrons. The number of hydrogen-bond acceptors (Lipinski definition) is 0. The molecule has 0 N–H and O–H groups in total. The van der Waals surface area contributed by atoms with Crippen molar-refractivity contribution < 1.29 is 0 Å². The van der Waals surface area contributed by atoms with Gasteiger partial charge in [-0.25, -0.2) is 0 Å². The van der Waals surface area contributed by atoms with Gasteiger partial charge in [0.1, 0.15) is 0 Å². The standard InChI is InChI=1S/C11H21P/c1-4-11(3)9-7-6-8-10-12-5-2/h4,6,8,11-12H,1,5,7,9-10H2,2-3H3/b8-6+. The summed E-state index contributed by atoms with van der Waals surface area (Å²) in [6.07, 6.45) is 11.7. The average Bonchev–Trinajstić information content (AvgIpc) is 2.10. The highest BCUT2D eigenvalue weighted by Gasteiger charge is 1.91. The molecule has 0 saturated carbocycles. The lowest BCUT2D eigenvalue weighted by atomic mass is 10.1. The minimum Gasteiger partial charge on any atom is -0.118 e. The molecule has 0 nitrogen and oxygen atoms in total. The molecule has 0 saturated heterocycles. The Labute approximate surface area is 78.9 Å². The zero-order valence-corrected chi connectivity index (χ0v) is 9.34. The summed E-state index contributed by atoms with van der Waals surface area (Å²) < 4.78 is 0. The predicted octanol–water partition coefficient (Wildman–Crippen LogP) is 3.84. The molecule has 2 unspecified atom stereocenters. The van der Waals surface area contributed by atoms with Crippen LogP contribution in [-0.4, -0.2) is 12.3 Å². The first-order chi connectivity index (χ1) is 5.81. The van der Waals surface area contributed by atoms with E-state index in [0.29, 0.717) is 5.92 Å². The van der Waals surface area contributed by atoms with Gasteiger partial charge in [-0.1, -0.05) is 32.1 Å². The van der Waals surface area contributed by atoms with E-state index < -0.39 is 0 Å². The second-order valence-corrected chi connectivity index (χ2v) is 4.68. The van der Waals surface area contributed by atoms with Gasteiger partial charge in [0.15, 0.2) is 0 Å². The van der Waals surface area contributed by atoms with Crippen molar-refractivity contribution in [2.45, 2.75) is 26.7 Å². The van der Waals surface area contributed by atoms with Crippen LogP contribution in [0.25, 0.3) is 0 Å². The van der Waals surface area contributed by atoms with Crippen molar-refractivity contribution in [2.75, 3.05) is 12.3 Å². The van der Waals surface area contributed by atoms with Crippen LogP contribution in [0.5, 0.6) is 0 Å². The fraction of sp³-hybridized carbons (Fsp3) is 0.636. The molecule has 0 bridgehead atoms. The molecule has 0 aromatic rings. The number of rotatable bonds is 7. The summed E-state index contributed by atoms with van der Waals surface area (Å²) in [5.74, 6) is 0.670. The molecule has 0 aliphatic rings. The highest BCUT2D eigenvalue weighted by molar-refractivity contribution is 7.38. The van der Waals surface area contributed by atoms with Crippen LogP contribution in [0, 0.1) is 5.92 Å². The Kier molecular flexibility index (Phi) is 8.93. The average molecular weight is 184 g/mol. The predicted molar refractivity (Wildman–Crippen MR) is 61.5 cm³/mol. The molecule has 0 aliphatic carbocycles. The van der Waals surface area contributed by atoms with E-state index in [1.54, 1.807) is 0 Å². The molecule has 0 rings (SSSR count). The van der Waals surface area contributed by atoms with Gasteiger partial charge in [0.05, 0.1) is 0 Å². The fourth-order valence-corrected chi connectivity index (χ4v) is 1.53. The molecule has 2 atom stereocenters. The van der Waals surface area contributed by atoms with Gasteiger partial charge in [0.25, 0.3) is 0 Å². The molecule has 1 heteroatoms. The fourth-order valence-electron chi connectivity index (χ4n) is 0.906. The zero-order chi connectivity index (χ0) is 9.23. The summed E-state index contributed by atoms with van der Waals surface area (Å²) in [6, 6.07) is 0. The number of allylic oxidation sites excluding steroid dienone is 3. The lowest BCUT2D eigenvalue weighted by Crippen LogP contribution is -1.86. The van der Waals surface area contributed by atoms with Crippen LogP contribution >= 0.6 is 8.58 Å². The van der Waals surface area contributed by atoms with Crippen molar-refractivity contribution in [1.29, 1.82) is 0 Å². The van der Waals surface area contributed by atoms with Crippen LogP contribution in [-0.2, 0) is 0 Å². The van der Waals surface area contributed by atoms with Crippen LogP contribution in [0.2, 0.25) is 0 Å². The maximum absolute atomic E-state index is 3.77. The normalized spacial score (nSPS) is 14.5. The van der Waals surface area contributed by atoms with E-state index in [1.165, 1.54) is 25.2 Å². The molecule has 12 heavy (non-hydrogen) atoms. The Morgan fingerprint density at radius 2 is 2.17 bits per heavy atom. The maximum Gasteiger partial charge on any atom is -0.0172 e. The highest BCUT2D eigenvalue weighted by atomic mass is 31.1. The van der Waals surface area contributed by atoms with Crippen molar-refractivity contribution >= 4 is 8.58 Å². The second-order valence-electron chi connectivity index (χ2n) is 3.07. The van der Waals surface area contributed by atoms with Crippen LogP contribution < -0.4 is 0 Å². The Morgan fingerprint density at radius 3 is 2.75 bits per heavy atom. The molecule has 70 valence electrons. The summed E-state index contributed by atoms with van der Waals surface area (Å²) in [5.41, 5.74) is 0. The van der Waals surface area contributed by atoms with Crippen LogP contribution in [0.4, 0.5) is 0 Å². The van der Waals surface area contributed by atoms with E-state index in [0.717, 1.165) is 8.58 Å². The quantitative estimate of drug-likeness (QED) is 0.320. The number of hydrogen-bond donors (Lipinski definition) is 0. The minimum absolute atomic E-state index is 0.670. The van der Waals surface area contributed by atoms with Crippen molar-refractivity contribution in [3.8, 4) is 0 Å². The molecule has 0 aliphatic heterocycles. The second kappa shape index (κ2) is 9.00. The summed E-state index contributed by atoms with van der Waals surface area (Å²) >= 11 is 0. The molecule has 0 aromatic carbocycles. The Morgan fingerprint density at radius 1 is 1.42 bits per heavy atom. The zero-order valence-electron chi connectivity index (χ0n) is 8.34. The Bertz CT molecular complexity index is 127. The molecular weight excluding hydrogens is 163 g/mol. The summed E-state index contributed by atoms with van der Waals surface area (Å²) in [4.78, 5) is 0. The minimum atomic E-state index is 0.670. The van der Waals surface area contributed by atoms with Crippen molar-refractivity contribution in [3.63, 3.8) is 0 Å². The third kappa shape index (κ3) is 8.01. The van der Waals surface area contributed by atoms with Gasteiger partial charge in [0.2, 0.25) is 0 Å². The van der Waals surface area contributed by atoms with Crippen molar-refractivity contribution in [1.82, 2.24) is 0 Å². The van der Waals surface area contributed by atoms with Gasteiger partial charge in [-0.3, -0.25) is 0 Å². The first-order valence-corrected chi connectivity index (χ1v) is 6.21. The van der Waals surface area contributed by atoms with Gasteiger partial charge in [-0.2, -0.15) is 0 Å². The Hall–Kier alpha value is -0.0900. The van der Waals surface area contributed by atoms with Crippen LogP contribution in [0.3, 0.4) is 0 Å². The van der Waals surface area contributed by atoms with Gasteiger partial charge in [-0.05, 0) is 31.1 Å². The highest BCUT2D eigenvalue weighted by Crippen LogP contribution is 2.09. The van der Waals surface area contributed by atoms with E-state index in [2.05, 4.69) is 32.6 Å². The van der Waals surface area contributed by atoms with E-state index in [4.69, 9.17) is 0 Å². The maximum atomic E-state index is 3.77. The summed E-state index contributed by atoms with van der Waals surface area (Å²) in [5, 5.41) is 0.